The van der Waals surface area contributed by atoms with Crippen molar-refractivity contribution in [3.8, 4) is 5.69 Å². The van der Waals surface area contributed by atoms with Gasteiger partial charge in [-0.25, -0.2) is 4.39 Å². The average molecular weight is 343 g/mol. The van der Waals surface area contributed by atoms with Gasteiger partial charge in [0.05, 0.1) is 11.3 Å². The van der Waals surface area contributed by atoms with Gasteiger partial charge in [0, 0.05) is 43.6 Å². The average Bonchev–Trinajstić information content (AvgIpc) is 2.89. The third-order valence-corrected chi connectivity index (χ3v) is 5.09. The summed E-state index contributed by atoms with van der Waals surface area (Å²) in [4.78, 5) is 17.3. The van der Waals surface area contributed by atoms with Crippen LogP contribution in [0.5, 0.6) is 0 Å². The van der Waals surface area contributed by atoms with Crippen LogP contribution in [0, 0.1) is 19.7 Å². The lowest BCUT2D eigenvalue weighted by atomic mass is 10.2. The molecule has 1 fully saturated rings. The minimum Gasteiger partial charge on any atom is -0.336 e. The van der Waals surface area contributed by atoms with Crippen LogP contribution in [-0.2, 0) is 0 Å². The Morgan fingerprint density at radius 1 is 1.08 bits per heavy atom. The predicted molar refractivity (Wildman–Crippen MR) is 97.8 cm³/mol. The Bertz CT molecular complexity index is 773. The van der Waals surface area contributed by atoms with Crippen LogP contribution >= 0.6 is 0 Å². The van der Waals surface area contributed by atoms with Gasteiger partial charge in [-0.1, -0.05) is 12.1 Å². The molecule has 0 radical (unpaired) electrons. The largest absolute Gasteiger partial charge is 0.336 e. The van der Waals surface area contributed by atoms with Gasteiger partial charge in [0.1, 0.15) is 5.82 Å². The maximum absolute atomic E-state index is 14.2. The maximum atomic E-state index is 14.2. The molecule has 2 heterocycles. The van der Waals surface area contributed by atoms with Crippen molar-refractivity contribution in [1.82, 2.24) is 14.4 Å². The van der Waals surface area contributed by atoms with Crippen molar-refractivity contribution in [1.29, 1.82) is 0 Å². The second kappa shape index (κ2) is 7.00. The summed E-state index contributed by atoms with van der Waals surface area (Å²) in [7, 11) is 0. The van der Waals surface area contributed by atoms with Crippen molar-refractivity contribution in [3.63, 3.8) is 0 Å². The fraction of sp³-hybridized carbons (Fsp3) is 0.450. The molecule has 1 amide bonds. The van der Waals surface area contributed by atoms with Crippen LogP contribution in [-0.4, -0.2) is 52.5 Å². The Balaban J connectivity index is 1.86. The molecule has 0 N–H and O–H groups in total. The second-order valence-corrected chi connectivity index (χ2v) is 6.99. The number of halogens is 1. The zero-order valence-electron chi connectivity index (χ0n) is 15.4. The van der Waals surface area contributed by atoms with Crippen molar-refractivity contribution in [2.75, 3.05) is 26.2 Å². The fourth-order valence-electron chi connectivity index (χ4n) is 3.59. The molecule has 1 saturated heterocycles. The maximum Gasteiger partial charge on any atom is 0.255 e. The minimum atomic E-state index is -0.283. The molecule has 5 heteroatoms. The zero-order valence-corrected chi connectivity index (χ0v) is 15.4. The first-order valence-electron chi connectivity index (χ1n) is 8.87. The summed E-state index contributed by atoms with van der Waals surface area (Å²) in [5, 5.41) is 0. The number of aryl methyl sites for hydroxylation is 1. The Hall–Kier alpha value is -2.14. The topological polar surface area (TPSA) is 28.5 Å². The van der Waals surface area contributed by atoms with Crippen LogP contribution in [0.4, 0.5) is 4.39 Å². The van der Waals surface area contributed by atoms with E-state index in [1.807, 2.05) is 35.4 Å². The smallest absolute Gasteiger partial charge is 0.255 e. The molecule has 134 valence electrons. The van der Waals surface area contributed by atoms with Crippen molar-refractivity contribution in [2.45, 2.75) is 33.7 Å². The lowest BCUT2D eigenvalue weighted by Crippen LogP contribution is -2.50. The molecular formula is C20H26FN3O. The van der Waals surface area contributed by atoms with Gasteiger partial charge in [-0.05, 0) is 45.9 Å². The number of piperazine rings is 1. The molecule has 1 aliphatic heterocycles. The third-order valence-electron chi connectivity index (χ3n) is 5.09. The summed E-state index contributed by atoms with van der Waals surface area (Å²) >= 11 is 0. The van der Waals surface area contributed by atoms with E-state index in [-0.39, 0.29) is 11.7 Å². The first kappa shape index (κ1) is 17.7. The van der Waals surface area contributed by atoms with Crippen molar-refractivity contribution >= 4 is 5.91 Å². The van der Waals surface area contributed by atoms with Gasteiger partial charge >= 0.3 is 0 Å². The number of para-hydroxylation sites is 1. The van der Waals surface area contributed by atoms with Gasteiger partial charge in [-0.2, -0.15) is 0 Å². The second-order valence-electron chi connectivity index (χ2n) is 6.99. The highest BCUT2D eigenvalue weighted by atomic mass is 19.1. The van der Waals surface area contributed by atoms with Crippen LogP contribution in [0.2, 0.25) is 0 Å². The highest BCUT2D eigenvalue weighted by molar-refractivity contribution is 5.96. The molecule has 0 saturated carbocycles. The van der Waals surface area contributed by atoms with Crippen LogP contribution in [0.15, 0.2) is 30.3 Å². The number of amides is 1. The van der Waals surface area contributed by atoms with E-state index in [9.17, 15) is 9.18 Å². The molecule has 0 bridgehead atoms. The quantitative estimate of drug-likeness (QED) is 0.854. The third kappa shape index (κ3) is 3.33. The van der Waals surface area contributed by atoms with E-state index in [4.69, 9.17) is 0 Å². The van der Waals surface area contributed by atoms with Gasteiger partial charge in [-0.3, -0.25) is 9.69 Å². The van der Waals surface area contributed by atoms with Gasteiger partial charge in [0.2, 0.25) is 0 Å². The van der Waals surface area contributed by atoms with Crippen molar-refractivity contribution < 1.29 is 9.18 Å². The number of hydrogen-bond acceptors (Lipinski definition) is 2. The normalized spacial score (nSPS) is 15.8. The summed E-state index contributed by atoms with van der Waals surface area (Å²) in [6.07, 6.45) is 0. The SMILES string of the molecule is Cc1cc(C(=O)N2CCN(C(C)C)CC2)c(C)n1-c1ccccc1F. The van der Waals surface area contributed by atoms with Gasteiger partial charge in [0.15, 0.2) is 0 Å². The summed E-state index contributed by atoms with van der Waals surface area (Å²) in [5.41, 5.74) is 2.81. The summed E-state index contributed by atoms with van der Waals surface area (Å²) in [6, 6.07) is 9.05. The molecule has 1 aromatic heterocycles. The minimum absolute atomic E-state index is 0.0408. The Morgan fingerprint density at radius 3 is 2.32 bits per heavy atom. The Kier molecular flexibility index (Phi) is 4.95. The van der Waals surface area contributed by atoms with Crippen molar-refractivity contribution in [2.24, 2.45) is 0 Å². The monoisotopic (exact) mass is 343 g/mol. The predicted octanol–water partition coefficient (Wildman–Crippen LogP) is 3.40. The molecule has 0 aliphatic carbocycles. The molecule has 3 rings (SSSR count). The summed E-state index contributed by atoms with van der Waals surface area (Å²) in [6.45, 7) is 11.4. The molecule has 4 nitrogen and oxygen atoms in total. The van der Waals surface area contributed by atoms with E-state index in [2.05, 4.69) is 18.7 Å². The standard InChI is InChI=1S/C20H26FN3O/c1-14(2)22-9-11-23(12-10-22)20(25)17-13-15(3)24(16(17)4)19-8-6-5-7-18(19)21/h5-8,13-14H,9-12H2,1-4H3. The number of carbonyl (C=O) groups excluding carboxylic acids is 1. The van der Waals surface area contributed by atoms with E-state index < -0.39 is 0 Å². The number of hydrogen-bond donors (Lipinski definition) is 0. The number of nitrogens with zero attached hydrogens (tertiary/aromatic N) is 3. The van der Waals surface area contributed by atoms with E-state index in [0.717, 1.165) is 37.6 Å². The van der Waals surface area contributed by atoms with Gasteiger partial charge < -0.3 is 9.47 Å². The number of aromatic nitrogens is 1. The molecule has 0 atom stereocenters. The summed E-state index contributed by atoms with van der Waals surface area (Å²) in [5.74, 6) is -0.243. The molecule has 0 spiro atoms. The molecular weight excluding hydrogens is 317 g/mol. The van der Waals surface area contributed by atoms with Crippen LogP contribution < -0.4 is 0 Å². The van der Waals surface area contributed by atoms with Crippen LogP contribution in [0.3, 0.4) is 0 Å². The number of rotatable bonds is 3. The Morgan fingerprint density at radius 2 is 1.72 bits per heavy atom. The van der Waals surface area contributed by atoms with E-state index in [1.54, 1.807) is 12.1 Å². The molecule has 1 aliphatic rings. The molecule has 1 aromatic carbocycles. The van der Waals surface area contributed by atoms with Gasteiger partial charge in [-0.15, -0.1) is 0 Å². The van der Waals surface area contributed by atoms with Crippen LogP contribution in [0.25, 0.3) is 5.69 Å². The zero-order chi connectivity index (χ0) is 18.1. The first-order chi connectivity index (χ1) is 11.9. The van der Waals surface area contributed by atoms with Crippen LogP contribution in [0.1, 0.15) is 35.6 Å². The lowest BCUT2D eigenvalue weighted by Gasteiger charge is -2.37. The van der Waals surface area contributed by atoms with Crippen molar-refractivity contribution in [3.05, 3.63) is 53.1 Å². The number of carbonyl (C=O) groups is 1. The first-order valence-corrected chi connectivity index (χ1v) is 8.87. The highest BCUT2D eigenvalue weighted by Gasteiger charge is 2.26. The van der Waals surface area contributed by atoms with E-state index in [1.165, 1.54) is 6.07 Å². The van der Waals surface area contributed by atoms with E-state index in [0.29, 0.717) is 17.3 Å². The van der Waals surface area contributed by atoms with E-state index >= 15 is 0 Å². The summed E-state index contributed by atoms with van der Waals surface area (Å²) < 4.78 is 16.0. The fourth-order valence-corrected chi connectivity index (χ4v) is 3.59. The number of benzene rings is 1. The molecule has 2 aromatic rings. The highest BCUT2D eigenvalue weighted by Crippen LogP contribution is 2.24. The Labute approximate surface area is 148 Å². The lowest BCUT2D eigenvalue weighted by molar-refractivity contribution is 0.0595. The molecule has 0 unspecified atom stereocenters. The molecule has 25 heavy (non-hydrogen) atoms. The van der Waals surface area contributed by atoms with Gasteiger partial charge in [0.25, 0.3) is 5.91 Å².